The first-order valence-electron chi connectivity index (χ1n) is 7.59. The van der Waals surface area contributed by atoms with Gasteiger partial charge in [-0.1, -0.05) is 18.2 Å². The Kier molecular flexibility index (Phi) is 3.52. The van der Waals surface area contributed by atoms with E-state index in [9.17, 15) is 13.0 Å². The molecule has 8 heteroatoms. The Hall–Kier alpha value is -2.09. The summed E-state index contributed by atoms with van der Waals surface area (Å²) in [6.45, 7) is 2.20. The fourth-order valence-corrected chi connectivity index (χ4v) is 4.11. The Morgan fingerprint density at radius 2 is 2.04 bits per heavy atom. The van der Waals surface area contributed by atoms with Gasteiger partial charge in [0.2, 0.25) is 11.8 Å². The van der Waals surface area contributed by atoms with Gasteiger partial charge >= 0.3 is 0 Å². The van der Waals surface area contributed by atoms with Crippen LogP contribution in [0.2, 0.25) is 0 Å². The molecule has 1 aromatic carbocycles. The van der Waals surface area contributed by atoms with Crippen LogP contribution in [0.5, 0.6) is 5.88 Å². The van der Waals surface area contributed by atoms with E-state index in [1.807, 2.05) is 24.3 Å². The summed E-state index contributed by atoms with van der Waals surface area (Å²) < 4.78 is 45.6. The maximum atomic E-state index is 12.9. The van der Waals surface area contributed by atoms with Gasteiger partial charge in [-0.05, 0) is 18.6 Å². The number of ether oxygens (including phenoxy) is 1. The molecular weight excluding hydrogens is 336 g/mol. The molecule has 1 aliphatic heterocycles. The van der Waals surface area contributed by atoms with Crippen LogP contribution >= 0.6 is 0 Å². The van der Waals surface area contributed by atoms with Crippen LogP contribution in [0.4, 0.5) is 14.7 Å². The normalized spacial score (nSPS) is 22.1. The van der Waals surface area contributed by atoms with Crippen molar-refractivity contribution in [3.8, 4) is 5.88 Å². The van der Waals surface area contributed by atoms with Crippen molar-refractivity contribution >= 4 is 16.9 Å². The van der Waals surface area contributed by atoms with Gasteiger partial charge in [0.05, 0.1) is 11.4 Å². The second-order valence-corrected chi connectivity index (χ2v) is 7.42. The number of rotatable bonds is 3. The van der Waals surface area contributed by atoms with E-state index in [2.05, 4.69) is 9.97 Å². The number of halogens is 2. The number of nitrogens with zero attached hydrogens (tertiary/aromatic N) is 3. The van der Waals surface area contributed by atoms with E-state index in [0.29, 0.717) is 12.2 Å². The van der Waals surface area contributed by atoms with E-state index < -0.39 is 23.0 Å². The topological polar surface area (TPSA) is 55.3 Å². The molecule has 4 rings (SSSR count). The summed E-state index contributed by atoms with van der Waals surface area (Å²) in [6.07, 6.45) is -1.14. The fraction of sp³-hybridized carbons (Fsp3) is 0.375. The third kappa shape index (κ3) is 2.75. The Bertz CT molecular complexity index is 823. The van der Waals surface area contributed by atoms with Gasteiger partial charge in [0.1, 0.15) is 6.10 Å². The molecule has 5 nitrogen and oxygen atoms in total. The standard InChI is InChI=1S/C16H15F2N3O2S/c1-10-6-14(23-12-7-16(17,18)8-12)20-15(19-10)21-9-11-4-2-3-5-13(11)24(21)22/h2-6,12H,7-9H2,1H3. The summed E-state index contributed by atoms with van der Waals surface area (Å²) >= 11 is 0. The van der Waals surface area contributed by atoms with Crippen molar-refractivity contribution in [3.05, 3.63) is 41.6 Å². The predicted octanol–water partition coefficient (Wildman–Crippen LogP) is 3.00. The highest BCUT2D eigenvalue weighted by molar-refractivity contribution is 7.86. The molecule has 2 aliphatic rings. The average molecular weight is 351 g/mol. The molecule has 0 radical (unpaired) electrons. The van der Waals surface area contributed by atoms with Crippen LogP contribution in [0.15, 0.2) is 35.2 Å². The van der Waals surface area contributed by atoms with Crippen molar-refractivity contribution in [1.82, 2.24) is 9.97 Å². The van der Waals surface area contributed by atoms with Gasteiger partial charge in [-0.2, -0.15) is 4.98 Å². The Morgan fingerprint density at radius 1 is 1.29 bits per heavy atom. The molecule has 2 heterocycles. The van der Waals surface area contributed by atoms with Crippen molar-refractivity contribution in [2.45, 2.75) is 43.2 Å². The van der Waals surface area contributed by atoms with E-state index in [0.717, 1.165) is 10.5 Å². The van der Waals surface area contributed by atoms with Crippen LogP contribution in [-0.2, 0) is 17.5 Å². The van der Waals surface area contributed by atoms with E-state index in [1.54, 1.807) is 17.3 Å². The van der Waals surface area contributed by atoms with Crippen LogP contribution in [0.3, 0.4) is 0 Å². The minimum absolute atomic E-state index is 0.242. The lowest BCUT2D eigenvalue weighted by atomic mass is 9.91. The average Bonchev–Trinajstić information content (AvgIpc) is 2.82. The van der Waals surface area contributed by atoms with Gasteiger partial charge in [0, 0.05) is 24.6 Å². The number of fused-ring (bicyclic) bond motifs is 1. The number of aryl methyl sites for hydroxylation is 1. The number of anilines is 1. The third-order valence-corrected chi connectivity index (χ3v) is 5.52. The minimum atomic E-state index is -2.65. The van der Waals surface area contributed by atoms with Crippen LogP contribution in [-0.4, -0.2) is 26.2 Å². The van der Waals surface area contributed by atoms with Crippen LogP contribution in [0.1, 0.15) is 24.1 Å². The third-order valence-electron chi connectivity index (χ3n) is 4.06. The summed E-state index contributed by atoms with van der Waals surface area (Å²) in [5.74, 6) is -2.12. The van der Waals surface area contributed by atoms with Crippen molar-refractivity contribution in [1.29, 1.82) is 0 Å². The summed E-state index contributed by atoms with van der Waals surface area (Å²) in [7, 11) is -1.38. The lowest BCUT2D eigenvalue weighted by Crippen LogP contribution is -2.43. The van der Waals surface area contributed by atoms with Crippen LogP contribution in [0, 0.1) is 6.92 Å². The summed E-state index contributed by atoms with van der Waals surface area (Å²) in [6, 6.07) is 9.06. The highest BCUT2D eigenvalue weighted by atomic mass is 32.2. The molecule has 1 saturated carbocycles. The van der Waals surface area contributed by atoms with Gasteiger partial charge in [0.25, 0.3) is 5.92 Å². The van der Waals surface area contributed by atoms with Gasteiger partial charge < -0.3 is 4.74 Å². The number of alkyl halides is 2. The molecule has 24 heavy (non-hydrogen) atoms. The maximum Gasteiger partial charge on any atom is 0.255 e. The zero-order valence-electron chi connectivity index (χ0n) is 12.9. The second-order valence-electron chi connectivity index (χ2n) is 6.05. The van der Waals surface area contributed by atoms with E-state index in [1.165, 1.54) is 0 Å². The smallest absolute Gasteiger partial charge is 0.255 e. The summed E-state index contributed by atoms with van der Waals surface area (Å²) in [4.78, 5) is 9.34. The quantitative estimate of drug-likeness (QED) is 0.853. The molecule has 0 spiro atoms. The summed E-state index contributed by atoms with van der Waals surface area (Å²) in [5, 5.41) is 0. The Labute approximate surface area is 140 Å². The first kappa shape index (κ1) is 15.4. The molecule has 1 unspecified atom stereocenters. The minimum Gasteiger partial charge on any atom is -0.474 e. The second kappa shape index (κ2) is 5.47. The number of hydrogen-bond donors (Lipinski definition) is 0. The van der Waals surface area contributed by atoms with Crippen LogP contribution < -0.4 is 9.04 Å². The lowest BCUT2D eigenvalue weighted by molar-refractivity contribution is -0.135. The molecule has 1 fully saturated rings. The van der Waals surface area contributed by atoms with Gasteiger partial charge in [-0.3, -0.25) is 4.31 Å². The van der Waals surface area contributed by atoms with Gasteiger partial charge in [0.15, 0.2) is 11.0 Å². The van der Waals surface area contributed by atoms with Crippen molar-refractivity contribution in [2.75, 3.05) is 4.31 Å². The fourth-order valence-electron chi connectivity index (χ4n) is 2.84. The monoisotopic (exact) mass is 351 g/mol. The molecule has 1 aliphatic carbocycles. The lowest BCUT2D eigenvalue weighted by Gasteiger charge is -2.34. The highest BCUT2D eigenvalue weighted by Crippen LogP contribution is 2.40. The van der Waals surface area contributed by atoms with Crippen molar-refractivity contribution in [3.63, 3.8) is 0 Å². The molecule has 2 aromatic rings. The van der Waals surface area contributed by atoms with Crippen molar-refractivity contribution < 1.29 is 17.7 Å². The van der Waals surface area contributed by atoms with Gasteiger partial charge in [-0.25, -0.2) is 18.0 Å². The Morgan fingerprint density at radius 3 is 2.75 bits per heavy atom. The molecule has 126 valence electrons. The van der Waals surface area contributed by atoms with E-state index in [-0.39, 0.29) is 24.7 Å². The van der Waals surface area contributed by atoms with E-state index >= 15 is 0 Å². The Balaban J connectivity index is 1.57. The molecule has 0 amide bonds. The SMILES string of the molecule is Cc1cc(OC2CC(F)(F)C2)nc(N2Cc3ccccc3S2=O)n1. The van der Waals surface area contributed by atoms with Crippen LogP contribution in [0.25, 0.3) is 0 Å². The largest absolute Gasteiger partial charge is 0.474 e. The zero-order valence-corrected chi connectivity index (χ0v) is 13.7. The number of benzene rings is 1. The summed E-state index contributed by atoms with van der Waals surface area (Å²) in [5.41, 5.74) is 1.59. The molecule has 0 bridgehead atoms. The molecule has 1 atom stereocenters. The first-order chi connectivity index (χ1) is 11.4. The molecule has 0 N–H and O–H groups in total. The van der Waals surface area contributed by atoms with Gasteiger partial charge in [-0.15, -0.1) is 0 Å². The molecular formula is C16H15F2N3O2S. The molecule has 0 saturated heterocycles. The number of aromatic nitrogens is 2. The zero-order chi connectivity index (χ0) is 16.9. The first-order valence-corrected chi connectivity index (χ1v) is 8.69. The molecule has 1 aromatic heterocycles. The number of hydrogen-bond acceptors (Lipinski definition) is 4. The van der Waals surface area contributed by atoms with Crippen molar-refractivity contribution in [2.24, 2.45) is 0 Å². The predicted molar refractivity (Wildman–Crippen MR) is 84.4 cm³/mol. The maximum absolute atomic E-state index is 12.9. The van der Waals surface area contributed by atoms with E-state index in [4.69, 9.17) is 4.74 Å². The highest BCUT2D eigenvalue weighted by Gasteiger charge is 2.47.